The molecule has 4 nitrogen and oxygen atoms in total. The molecule has 0 unspecified atom stereocenters. The molecule has 2 heterocycles. The van der Waals surface area contributed by atoms with E-state index in [-0.39, 0.29) is 5.91 Å². The van der Waals surface area contributed by atoms with Gasteiger partial charge in [0.2, 0.25) is 5.91 Å². The topological polar surface area (TPSA) is 57.8 Å². The molecule has 1 aliphatic rings. The van der Waals surface area contributed by atoms with Crippen molar-refractivity contribution >= 4 is 28.1 Å². The number of anilines is 1. The van der Waals surface area contributed by atoms with Gasteiger partial charge in [-0.1, -0.05) is 24.3 Å². The largest absolute Gasteiger partial charge is 0.361 e. The molecule has 5 rings (SSSR count). The summed E-state index contributed by atoms with van der Waals surface area (Å²) < 4.78 is 0. The Morgan fingerprint density at radius 2 is 1.82 bits per heavy atom. The molecule has 2 aromatic carbocycles. The van der Waals surface area contributed by atoms with Crippen molar-refractivity contribution in [3.05, 3.63) is 89.9 Å². The van der Waals surface area contributed by atoms with Crippen molar-refractivity contribution in [1.82, 2.24) is 9.97 Å². The molecule has 0 saturated heterocycles. The van der Waals surface area contributed by atoms with Crippen LogP contribution in [0.3, 0.4) is 0 Å². The smallest absolute Gasteiger partial charge is 0.221 e. The number of pyridine rings is 1. The molecule has 2 N–H and O–H groups in total. The second-order valence-corrected chi connectivity index (χ2v) is 7.08. The number of carbonyl (C=O) groups excluding carboxylic acids is 1. The van der Waals surface area contributed by atoms with Crippen molar-refractivity contribution < 1.29 is 4.79 Å². The molecule has 1 amide bonds. The molecular weight excluding hydrogens is 346 g/mol. The third-order valence-corrected chi connectivity index (χ3v) is 5.16. The Kier molecular flexibility index (Phi) is 3.83. The summed E-state index contributed by atoms with van der Waals surface area (Å²) in [5.74, 6) is -0.0684. The lowest BCUT2D eigenvalue weighted by Gasteiger charge is -2.10. The number of hydrogen-bond acceptors (Lipinski definition) is 2. The summed E-state index contributed by atoms with van der Waals surface area (Å²) in [5.41, 5.74) is 8.86. The van der Waals surface area contributed by atoms with Gasteiger partial charge in [-0.2, -0.15) is 0 Å². The molecule has 4 aromatic rings. The lowest BCUT2D eigenvalue weighted by molar-refractivity contribution is -0.114. The van der Waals surface area contributed by atoms with E-state index < -0.39 is 0 Å². The first-order valence-corrected chi connectivity index (χ1v) is 9.32. The van der Waals surface area contributed by atoms with Gasteiger partial charge in [-0.15, -0.1) is 0 Å². The molecule has 1 aliphatic carbocycles. The molecule has 0 radical (unpaired) electrons. The Labute approximate surface area is 162 Å². The van der Waals surface area contributed by atoms with Gasteiger partial charge in [0, 0.05) is 48.1 Å². The van der Waals surface area contributed by atoms with Gasteiger partial charge in [-0.3, -0.25) is 9.78 Å². The number of allylic oxidation sites excluding steroid dienone is 1. The van der Waals surface area contributed by atoms with E-state index in [0.717, 1.165) is 34.4 Å². The number of benzene rings is 2. The van der Waals surface area contributed by atoms with Gasteiger partial charge in [0.05, 0.1) is 5.69 Å². The third-order valence-electron chi connectivity index (χ3n) is 5.16. The minimum Gasteiger partial charge on any atom is -0.361 e. The maximum absolute atomic E-state index is 11.2. The highest BCUT2D eigenvalue weighted by molar-refractivity contribution is 5.91. The number of aromatic amines is 1. The molecule has 0 fully saturated rings. The second-order valence-electron chi connectivity index (χ2n) is 7.08. The van der Waals surface area contributed by atoms with Gasteiger partial charge in [0.15, 0.2) is 0 Å². The zero-order valence-corrected chi connectivity index (χ0v) is 15.5. The Morgan fingerprint density at radius 3 is 2.64 bits per heavy atom. The first-order chi connectivity index (χ1) is 13.7. The molecule has 2 aromatic heterocycles. The summed E-state index contributed by atoms with van der Waals surface area (Å²) in [6.45, 7) is 1.51. The molecule has 28 heavy (non-hydrogen) atoms. The fourth-order valence-electron chi connectivity index (χ4n) is 3.80. The van der Waals surface area contributed by atoms with Crippen LogP contribution >= 0.6 is 0 Å². The minimum absolute atomic E-state index is 0.0684. The second kappa shape index (κ2) is 6.50. The number of H-pyrrole nitrogens is 1. The van der Waals surface area contributed by atoms with Crippen LogP contribution in [-0.4, -0.2) is 15.9 Å². The van der Waals surface area contributed by atoms with E-state index in [4.69, 9.17) is 4.98 Å². The van der Waals surface area contributed by atoms with Gasteiger partial charge in [-0.25, -0.2) is 0 Å². The first kappa shape index (κ1) is 16.5. The molecule has 0 spiro atoms. The number of rotatable bonds is 3. The van der Waals surface area contributed by atoms with Crippen LogP contribution in [0.25, 0.3) is 27.6 Å². The summed E-state index contributed by atoms with van der Waals surface area (Å²) in [4.78, 5) is 19.2. The maximum Gasteiger partial charge on any atom is 0.221 e. The van der Waals surface area contributed by atoms with Crippen LogP contribution in [0.2, 0.25) is 0 Å². The Hall–Kier alpha value is -3.66. The van der Waals surface area contributed by atoms with Crippen LogP contribution in [0, 0.1) is 0 Å². The van der Waals surface area contributed by atoms with Gasteiger partial charge in [0.25, 0.3) is 0 Å². The molecule has 0 atom stereocenters. The lowest BCUT2D eigenvalue weighted by Crippen LogP contribution is -2.05. The fraction of sp³-hybridized carbons (Fsp3) is 0.0833. The molecule has 4 heteroatoms. The summed E-state index contributed by atoms with van der Waals surface area (Å²) in [6.07, 6.45) is 7.01. The average Bonchev–Trinajstić information content (AvgIpc) is 3.33. The monoisotopic (exact) mass is 365 g/mol. The predicted molar refractivity (Wildman–Crippen MR) is 113 cm³/mol. The highest BCUT2D eigenvalue weighted by Gasteiger charge is 2.18. The fourth-order valence-corrected chi connectivity index (χ4v) is 3.80. The first-order valence-electron chi connectivity index (χ1n) is 9.32. The molecule has 136 valence electrons. The number of hydrogen-bond donors (Lipinski definition) is 2. The van der Waals surface area contributed by atoms with Crippen molar-refractivity contribution in [2.24, 2.45) is 0 Å². The van der Waals surface area contributed by atoms with Crippen LogP contribution in [0.1, 0.15) is 23.7 Å². The lowest BCUT2D eigenvalue weighted by atomic mass is 9.97. The summed E-state index contributed by atoms with van der Waals surface area (Å²) in [6, 6.07) is 18.7. The van der Waals surface area contributed by atoms with Crippen molar-refractivity contribution in [2.75, 3.05) is 5.32 Å². The summed E-state index contributed by atoms with van der Waals surface area (Å²) in [7, 11) is 0. The standard InChI is InChI=1S/C24H19N3O/c1-15(28)27-20-5-2-16(3-6-20)19-13-22-21(7-9-24(22)26-14-19)17-4-8-23-18(12-17)10-11-25-23/h2-8,10-14,25H,9H2,1H3,(H,27,28). The molecule has 0 bridgehead atoms. The van der Waals surface area contributed by atoms with Crippen LogP contribution in [0.5, 0.6) is 0 Å². The zero-order chi connectivity index (χ0) is 19.1. The van der Waals surface area contributed by atoms with E-state index in [1.165, 1.54) is 29.0 Å². The van der Waals surface area contributed by atoms with Crippen LogP contribution in [-0.2, 0) is 11.2 Å². The van der Waals surface area contributed by atoms with Crippen molar-refractivity contribution in [2.45, 2.75) is 13.3 Å². The molecule has 0 saturated carbocycles. The van der Waals surface area contributed by atoms with Gasteiger partial charge in [0.1, 0.15) is 0 Å². The van der Waals surface area contributed by atoms with Crippen LogP contribution in [0.15, 0.2) is 73.1 Å². The van der Waals surface area contributed by atoms with Crippen molar-refractivity contribution in [3.8, 4) is 11.1 Å². The Balaban J connectivity index is 1.50. The van der Waals surface area contributed by atoms with E-state index in [2.05, 4.69) is 46.7 Å². The molecular formula is C24H19N3O. The van der Waals surface area contributed by atoms with E-state index >= 15 is 0 Å². The van der Waals surface area contributed by atoms with Crippen molar-refractivity contribution in [3.63, 3.8) is 0 Å². The Morgan fingerprint density at radius 1 is 1.00 bits per heavy atom. The maximum atomic E-state index is 11.2. The van der Waals surface area contributed by atoms with Gasteiger partial charge < -0.3 is 10.3 Å². The van der Waals surface area contributed by atoms with E-state index in [1.54, 1.807) is 0 Å². The summed E-state index contributed by atoms with van der Waals surface area (Å²) in [5, 5.41) is 4.01. The van der Waals surface area contributed by atoms with Crippen molar-refractivity contribution in [1.29, 1.82) is 0 Å². The SMILES string of the molecule is CC(=O)Nc1ccc(-c2cnc3c(c2)C(c2ccc4[nH]ccc4c2)=CC3)cc1. The average molecular weight is 365 g/mol. The summed E-state index contributed by atoms with van der Waals surface area (Å²) >= 11 is 0. The Bertz CT molecular complexity index is 1230. The predicted octanol–water partition coefficient (Wildman–Crippen LogP) is 5.18. The number of carbonyl (C=O) groups is 1. The molecule has 0 aliphatic heterocycles. The van der Waals surface area contributed by atoms with E-state index in [1.807, 2.05) is 36.7 Å². The number of amides is 1. The highest BCUT2D eigenvalue weighted by Crippen LogP contribution is 2.35. The van der Waals surface area contributed by atoms with Crippen LogP contribution in [0.4, 0.5) is 5.69 Å². The van der Waals surface area contributed by atoms with Crippen LogP contribution < -0.4 is 5.32 Å². The number of nitrogens with zero attached hydrogens (tertiary/aromatic N) is 1. The van der Waals surface area contributed by atoms with Gasteiger partial charge >= 0.3 is 0 Å². The third kappa shape index (κ3) is 2.89. The van der Waals surface area contributed by atoms with Gasteiger partial charge in [-0.05, 0) is 58.5 Å². The minimum atomic E-state index is -0.0684. The normalized spacial score (nSPS) is 12.7. The van der Waals surface area contributed by atoms with E-state index in [0.29, 0.717) is 0 Å². The number of fused-ring (bicyclic) bond motifs is 2. The van der Waals surface area contributed by atoms with E-state index in [9.17, 15) is 4.79 Å². The zero-order valence-electron chi connectivity index (χ0n) is 15.5. The quantitative estimate of drug-likeness (QED) is 0.526. The number of aromatic nitrogens is 2. The highest BCUT2D eigenvalue weighted by atomic mass is 16.1. The number of nitrogens with one attached hydrogen (secondary N) is 2.